The van der Waals surface area contributed by atoms with E-state index in [1.165, 1.54) is 16.0 Å². The molecule has 6 rings (SSSR count). The van der Waals surface area contributed by atoms with Crippen molar-refractivity contribution in [3.05, 3.63) is 155 Å². The number of pyridine rings is 1. The van der Waals surface area contributed by atoms with Crippen molar-refractivity contribution >= 4 is 22.3 Å². The Morgan fingerprint density at radius 2 is 1.15 bits per heavy atom. The second kappa shape index (κ2) is 18.5. The van der Waals surface area contributed by atoms with Crippen molar-refractivity contribution in [3.8, 4) is 10.7 Å². The number of benzene rings is 2. The van der Waals surface area contributed by atoms with Gasteiger partial charge < -0.3 is 4.42 Å². The summed E-state index contributed by atoms with van der Waals surface area (Å²) in [5.41, 5.74) is 6.38. The van der Waals surface area contributed by atoms with Gasteiger partial charge >= 0.3 is 11.3 Å². The van der Waals surface area contributed by atoms with Crippen molar-refractivity contribution in [2.75, 3.05) is 0 Å². The second-order valence-electron chi connectivity index (χ2n) is 15.7. The highest BCUT2D eigenvalue weighted by Gasteiger charge is 2.11. The van der Waals surface area contributed by atoms with Gasteiger partial charge in [0.2, 0.25) is 0 Å². The van der Waals surface area contributed by atoms with E-state index in [1.54, 1.807) is 26.5 Å². The molecule has 2 aromatic carbocycles. The molecule has 0 spiro atoms. The minimum absolute atomic E-state index is 0.0310. The number of hydrogen-bond acceptors (Lipinski definition) is 6. The van der Waals surface area contributed by atoms with E-state index in [2.05, 4.69) is 84.6 Å². The lowest BCUT2D eigenvalue weighted by molar-refractivity contribution is 0.543. The molecular formula is C46H57N3O4S. The lowest BCUT2D eigenvalue weighted by Crippen LogP contribution is -2.21. The fourth-order valence-electron chi connectivity index (χ4n) is 5.68. The molecule has 8 heteroatoms. The summed E-state index contributed by atoms with van der Waals surface area (Å²) in [7, 11) is 0. The van der Waals surface area contributed by atoms with Crippen LogP contribution in [0.5, 0.6) is 0 Å². The Balaban J connectivity index is 0.000000181. The summed E-state index contributed by atoms with van der Waals surface area (Å²) in [6, 6.07) is 25.9. The quantitative estimate of drug-likeness (QED) is 0.145. The van der Waals surface area contributed by atoms with Crippen LogP contribution in [0.2, 0.25) is 0 Å². The van der Waals surface area contributed by atoms with E-state index in [1.807, 2.05) is 88.6 Å². The maximum Gasteiger partial charge on any atom is 0.353 e. The molecule has 54 heavy (non-hydrogen) atoms. The maximum absolute atomic E-state index is 12.1. The molecule has 4 heterocycles. The number of thiophene rings is 1. The fourth-order valence-corrected chi connectivity index (χ4v) is 6.67. The van der Waals surface area contributed by atoms with Crippen LogP contribution in [0, 0.1) is 0 Å². The Kier molecular flexibility index (Phi) is 14.3. The molecule has 0 saturated carbocycles. The van der Waals surface area contributed by atoms with E-state index in [-0.39, 0.29) is 28.7 Å². The van der Waals surface area contributed by atoms with Crippen LogP contribution >= 0.6 is 11.3 Å². The fraction of sp³-hybridized carbons (Fsp3) is 0.391. The topological polar surface area (TPSA) is 87.1 Å². The Labute approximate surface area is 324 Å². The van der Waals surface area contributed by atoms with Crippen LogP contribution in [0.1, 0.15) is 151 Å². The molecule has 6 aromatic rings. The third-order valence-electron chi connectivity index (χ3n) is 9.36. The van der Waals surface area contributed by atoms with Crippen molar-refractivity contribution in [3.63, 3.8) is 0 Å². The van der Waals surface area contributed by atoms with Gasteiger partial charge in [-0.05, 0) is 101 Å². The predicted molar refractivity (Wildman–Crippen MR) is 227 cm³/mol. The molecule has 0 atom stereocenters. The summed E-state index contributed by atoms with van der Waals surface area (Å²) in [5, 5.41) is 1.93. The van der Waals surface area contributed by atoms with Gasteiger partial charge in [-0.1, -0.05) is 107 Å². The number of hydrogen-bond donors (Lipinski definition) is 0. The van der Waals surface area contributed by atoms with E-state index < -0.39 is 0 Å². The first-order valence-corrected chi connectivity index (χ1v) is 19.9. The molecule has 0 radical (unpaired) electrons. The zero-order chi connectivity index (χ0) is 39.9. The first kappa shape index (κ1) is 41.9. The third-order valence-corrected chi connectivity index (χ3v) is 10.7. The molecule has 0 aliphatic carbocycles. The van der Waals surface area contributed by atoms with Crippen LogP contribution < -0.4 is 16.9 Å². The molecule has 7 nitrogen and oxygen atoms in total. The van der Waals surface area contributed by atoms with E-state index in [9.17, 15) is 14.4 Å². The van der Waals surface area contributed by atoms with Gasteiger partial charge in [-0.3, -0.25) is 13.9 Å². The molecular weight excluding hydrogens is 691 g/mol. The van der Waals surface area contributed by atoms with Gasteiger partial charge in [0.1, 0.15) is 10.6 Å². The van der Waals surface area contributed by atoms with Crippen LogP contribution in [-0.4, -0.2) is 14.1 Å². The maximum atomic E-state index is 12.1. The number of rotatable bonds is 8. The lowest BCUT2D eigenvalue weighted by Gasteiger charge is -2.11. The summed E-state index contributed by atoms with van der Waals surface area (Å²) in [4.78, 5) is 41.3. The number of nitrogens with zero attached hydrogens (tertiary/aromatic N) is 3. The monoisotopic (exact) mass is 747 g/mol. The average Bonchev–Trinajstić information content (AvgIpc) is 3.62. The summed E-state index contributed by atoms with van der Waals surface area (Å²) in [6.45, 7) is 25.1. The van der Waals surface area contributed by atoms with E-state index in [4.69, 9.17) is 4.42 Å². The Bertz CT molecular complexity index is 2320. The Morgan fingerprint density at radius 1 is 0.556 bits per heavy atom. The largest absolute Gasteiger partial charge is 0.423 e. The minimum Gasteiger partial charge on any atom is -0.423 e. The predicted octanol–water partition coefficient (Wildman–Crippen LogP) is 11.7. The molecule has 0 amide bonds. The number of fused-ring (bicyclic) bond motifs is 1. The molecule has 0 unspecified atom stereocenters. The first-order chi connectivity index (χ1) is 25.5. The zero-order valence-corrected chi connectivity index (χ0v) is 34.8. The van der Waals surface area contributed by atoms with Gasteiger partial charge in [0.15, 0.2) is 0 Å². The highest BCUT2D eigenvalue weighted by atomic mass is 32.1. The van der Waals surface area contributed by atoms with E-state index in [0.717, 1.165) is 32.9 Å². The van der Waals surface area contributed by atoms with Crippen molar-refractivity contribution in [2.45, 2.75) is 119 Å². The van der Waals surface area contributed by atoms with Crippen LogP contribution in [0.15, 0.2) is 110 Å². The SMILES string of the molecule is CC(C)c1ccc(-n2ccc(C(C)C)cc2=O)cc1.CC(C)c1ccc2cc(C(C)C)c(=O)oc2c1.CC(C)c1ccn(-c2ccc(C(C)C)s2)c(=O)n1. The molecule has 0 saturated heterocycles. The minimum atomic E-state index is -0.214. The van der Waals surface area contributed by atoms with Gasteiger partial charge in [0.25, 0.3) is 5.56 Å². The first-order valence-electron chi connectivity index (χ1n) is 19.1. The lowest BCUT2D eigenvalue weighted by atomic mass is 10.00. The standard InChI is InChI=1S/C17H21NO.C15H18O2.C14H18N2OS/c1-12(2)14-5-7-16(8-6-14)18-10-9-15(13(3)4)11-17(18)19;1-9(2)11-5-6-12-7-13(10(3)4)15(16)17-14(12)8-11;1-9(2)11-7-8-16(14(17)15-11)13-6-5-12(18-13)10(3)4/h5-13H,1-4H3;5-10H,1-4H3;5-10H,1-4H3. The van der Waals surface area contributed by atoms with E-state index >= 15 is 0 Å². The molecule has 286 valence electrons. The molecule has 4 aromatic heterocycles. The van der Waals surface area contributed by atoms with Gasteiger partial charge in [-0.25, -0.2) is 9.59 Å². The Morgan fingerprint density at radius 3 is 1.67 bits per heavy atom. The highest BCUT2D eigenvalue weighted by Crippen LogP contribution is 2.26. The molecule has 0 aliphatic heterocycles. The van der Waals surface area contributed by atoms with Crippen LogP contribution in [0.25, 0.3) is 21.7 Å². The van der Waals surface area contributed by atoms with Crippen LogP contribution in [-0.2, 0) is 0 Å². The summed E-state index contributed by atoms with van der Waals surface area (Å²) < 4.78 is 8.69. The molecule has 0 bridgehead atoms. The van der Waals surface area contributed by atoms with E-state index in [0.29, 0.717) is 29.3 Å². The third kappa shape index (κ3) is 10.7. The van der Waals surface area contributed by atoms with Crippen molar-refractivity contribution in [1.29, 1.82) is 0 Å². The average molecular weight is 748 g/mol. The normalized spacial score (nSPS) is 11.4. The number of aromatic nitrogens is 3. The van der Waals surface area contributed by atoms with Crippen molar-refractivity contribution in [1.82, 2.24) is 14.1 Å². The van der Waals surface area contributed by atoms with Crippen LogP contribution in [0.4, 0.5) is 0 Å². The smallest absolute Gasteiger partial charge is 0.353 e. The summed E-state index contributed by atoms with van der Waals surface area (Å²) in [5.74, 6) is 2.29. The van der Waals surface area contributed by atoms with Gasteiger partial charge in [-0.2, -0.15) is 4.98 Å². The van der Waals surface area contributed by atoms with Crippen molar-refractivity contribution < 1.29 is 4.42 Å². The van der Waals surface area contributed by atoms with Crippen LogP contribution in [0.3, 0.4) is 0 Å². The second-order valence-corrected chi connectivity index (χ2v) is 16.7. The van der Waals surface area contributed by atoms with Gasteiger partial charge in [0.05, 0.1) is 5.69 Å². The Hall–Kier alpha value is -4.82. The van der Waals surface area contributed by atoms with Gasteiger partial charge in [-0.15, -0.1) is 11.3 Å². The summed E-state index contributed by atoms with van der Waals surface area (Å²) >= 11 is 1.65. The van der Waals surface area contributed by atoms with Gasteiger partial charge in [0, 0.05) is 40.0 Å². The zero-order valence-electron chi connectivity index (χ0n) is 34.0. The molecule has 0 fully saturated rings. The molecule has 0 aliphatic rings. The molecule has 0 N–H and O–H groups in total. The van der Waals surface area contributed by atoms with Crippen molar-refractivity contribution in [2.24, 2.45) is 0 Å². The highest BCUT2D eigenvalue weighted by molar-refractivity contribution is 7.14. The summed E-state index contributed by atoms with van der Waals surface area (Å²) in [6.07, 6.45) is 3.68.